The van der Waals surface area contributed by atoms with E-state index >= 15 is 0 Å². The molecule has 0 aromatic carbocycles. The Bertz CT molecular complexity index is 1040. The molecule has 1 aromatic rings. The topological polar surface area (TPSA) is 156 Å². The normalized spacial score (nSPS) is 40.2. The summed E-state index contributed by atoms with van der Waals surface area (Å²) in [5, 5.41) is 43.0. The Hall–Kier alpha value is -3.36. The Morgan fingerprint density at radius 2 is 1.41 bits per heavy atom. The second kappa shape index (κ2) is 8.29. The molecule has 0 saturated carbocycles. The lowest BCUT2D eigenvalue weighted by Gasteiger charge is -2.23. The lowest BCUT2D eigenvalue weighted by molar-refractivity contribution is 0.327. The first-order chi connectivity index (χ1) is 15.6. The molecule has 0 spiro atoms. The maximum absolute atomic E-state index is 9.65. The molecule has 12 heteroatoms. The summed E-state index contributed by atoms with van der Waals surface area (Å²) < 4.78 is 0. The van der Waals surface area contributed by atoms with Crippen molar-refractivity contribution in [3.05, 3.63) is 34.5 Å². The molecule has 164 valence electrons. The minimum atomic E-state index is -0.314. The first-order valence-corrected chi connectivity index (χ1v) is 10.7. The number of anilines is 2. The van der Waals surface area contributed by atoms with Crippen LogP contribution in [0.5, 0.6) is 0 Å². The third-order valence-electron chi connectivity index (χ3n) is 6.58. The summed E-state index contributed by atoms with van der Waals surface area (Å²) in [4.78, 5) is 10.8. The van der Waals surface area contributed by atoms with Gasteiger partial charge >= 0.3 is 0 Å². The van der Waals surface area contributed by atoms with E-state index in [9.17, 15) is 10.5 Å². The van der Waals surface area contributed by atoms with Crippen LogP contribution in [0.4, 0.5) is 11.6 Å². The first kappa shape index (κ1) is 20.5. The van der Waals surface area contributed by atoms with Gasteiger partial charge in [0.1, 0.15) is 30.0 Å². The number of H-pyrrole nitrogens is 1. The van der Waals surface area contributed by atoms with Gasteiger partial charge in [-0.2, -0.15) is 10.5 Å². The molecule has 8 N–H and O–H groups in total. The van der Waals surface area contributed by atoms with Crippen molar-refractivity contribution >= 4 is 11.6 Å². The molecule has 12 nitrogen and oxygen atoms in total. The highest BCUT2D eigenvalue weighted by Gasteiger charge is 2.46. The molecule has 8 bridgehead atoms. The molecule has 3 saturated heterocycles. The smallest absolute Gasteiger partial charge is 0.255 e. The number of rotatable bonds is 0. The number of fused-ring (bicyclic) bond motifs is 8. The average Bonchev–Trinajstić information content (AvgIpc) is 3.54. The van der Waals surface area contributed by atoms with Gasteiger partial charge < -0.3 is 25.3 Å². The number of nitrogens with zero attached hydrogens (tertiary/aromatic N) is 4. The zero-order chi connectivity index (χ0) is 22.2. The Morgan fingerprint density at radius 1 is 0.812 bits per heavy atom. The summed E-state index contributed by atoms with van der Waals surface area (Å²) >= 11 is 0. The van der Waals surface area contributed by atoms with Crippen LogP contribution in [0.2, 0.25) is 0 Å². The molecule has 0 radical (unpaired) electrons. The highest BCUT2D eigenvalue weighted by atomic mass is 15.4. The van der Waals surface area contributed by atoms with Gasteiger partial charge in [0.05, 0.1) is 55.1 Å². The summed E-state index contributed by atoms with van der Waals surface area (Å²) in [6.07, 6.45) is 0.461. The van der Waals surface area contributed by atoms with Gasteiger partial charge in [-0.1, -0.05) is 0 Å². The highest BCUT2D eigenvalue weighted by Crippen LogP contribution is 2.27. The van der Waals surface area contributed by atoms with Crippen LogP contribution in [0.25, 0.3) is 9.69 Å². The van der Waals surface area contributed by atoms with E-state index in [2.05, 4.69) is 64.0 Å². The molecule has 32 heavy (non-hydrogen) atoms. The Labute approximate surface area is 185 Å². The van der Waals surface area contributed by atoms with Crippen molar-refractivity contribution in [2.75, 3.05) is 10.6 Å². The van der Waals surface area contributed by atoms with E-state index in [0.29, 0.717) is 36.5 Å². The molecular formula is C20H24N12. The molecule has 4 aliphatic heterocycles. The summed E-state index contributed by atoms with van der Waals surface area (Å²) in [6.45, 7) is 15.2. The predicted octanol–water partition coefficient (Wildman–Crippen LogP) is -0.445. The number of aromatic nitrogens is 1. The molecule has 1 aromatic heterocycles. The van der Waals surface area contributed by atoms with Crippen LogP contribution in [0.15, 0.2) is 6.07 Å². The lowest BCUT2D eigenvalue weighted by atomic mass is 10.1. The Morgan fingerprint density at radius 3 is 2.03 bits per heavy atom. The summed E-state index contributed by atoms with van der Waals surface area (Å²) in [5.41, 5.74) is 0.455. The molecule has 5 rings (SSSR count). The van der Waals surface area contributed by atoms with Crippen LogP contribution >= 0.6 is 0 Å². The van der Waals surface area contributed by atoms with Crippen molar-refractivity contribution in [2.45, 2.75) is 68.3 Å². The fourth-order valence-corrected chi connectivity index (χ4v) is 5.02. The average molecular weight is 432 g/mol. The van der Waals surface area contributed by atoms with E-state index in [1.807, 2.05) is 0 Å². The number of hydrogen-bond donors (Lipinski definition) is 8. The van der Waals surface area contributed by atoms with Gasteiger partial charge in [0, 0.05) is 0 Å². The van der Waals surface area contributed by atoms with Gasteiger partial charge in [-0.25, -0.2) is 13.1 Å². The third-order valence-corrected chi connectivity index (χ3v) is 6.58. The van der Waals surface area contributed by atoms with Gasteiger partial charge in [0.25, 0.3) is 12.1 Å². The largest absolute Gasteiger partial charge is 0.355 e. The van der Waals surface area contributed by atoms with Crippen molar-refractivity contribution in [1.29, 1.82) is 10.5 Å². The minimum absolute atomic E-state index is 0.131. The Balaban J connectivity index is 1.45. The van der Waals surface area contributed by atoms with Crippen LogP contribution in [0, 0.1) is 41.7 Å². The van der Waals surface area contributed by atoms with Gasteiger partial charge in [-0.05, 0) is 12.5 Å². The molecular weight excluding hydrogens is 408 g/mol. The minimum Gasteiger partial charge on any atom is -0.355 e. The predicted molar refractivity (Wildman–Crippen MR) is 115 cm³/mol. The van der Waals surface area contributed by atoms with Crippen LogP contribution < -0.4 is 37.2 Å². The van der Waals surface area contributed by atoms with Crippen molar-refractivity contribution < 1.29 is 0 Å². The second-order valence-electron chi connectivity index (χ2n) is 8.63. The number of nitriles is 2. The van der Waals surface area contributed by atoms with Crippen LogP contribution in [0.3, 0.4) is 0 Å². The SMILES string of the molecule is [C-]#[N+]C1CC2Nc3[nH]c(cc3C#N)NC3NC(CC3C#N)NC3NC(CC3[N+]#[C-])NC1N2. The lowest BCUT2D eigenvalue weighted by Crippen LogP contribution is -2.58. The van der Waals surface area contributed by atoms with Gasteiger partial charge in [0.2, 0.25) is 0 Å². The van der Waals surface area contributed by atoms with E-state index < -0.39 is 0 Å². The monoisotopic (exact) mass is 432 g/mol. The zero-order valence-electron chi connectivity index (χ0n) is 17.2. The summed E-state index contributed by atoms with van der Waals surface area (Å²) in [6, 6.07) is 5.71. The van der Waals surface area contributed by atoms with Gasteiger partial charge in [0.15, 0.2) is 0 Å². The maximum atomic E-state index is 9.65. The summed E-state index contributed by atoms with van der Waals surface area (Å²) in [7, 11) is 0. The van der Waals surface area contributed by atoms with E-state index in [1.54, 1.807) is 6.07 Å². The molecule has 0 amide bonds. The van der Waals surface area contributed by atoms with Crippen molar-refractivity contribution in [1.82, 2.24) is 31.6 Å². The number of nitrogens with one attached hydrogen (secondary N) is 8. The third kappa shape index (κ3) is 3.72. The fourth-order valence-electron chi connectivity index (χ4n) is 5.02. The van der Waals surface area contributed by atoms with E-state index in [-0.39, 0.29) is 55.0 Å². The zero-order valence-corrected chi connectivity index (χ0v) is 17.2. The van der Waals surface area contributed by atoms with Gasteiger partial charge in [-0.15, -0.1) is 0 Å². The van der Waals surface area contributed by atoms with E-state index in [4.69, 9.17) is 13.1 Å². The van der Waals surface area contributed by atoms with Crippen molar-refractivity contribution in [2.24, 2.45) is 5.92 Å². The molecule has 0 aliphatic carbocycles. The van der Waals surface area contributed by atoms with E-state index in [0.717, 1.165) is 0 Å². The molecule has 4 aliphatic rings. The van der Waals surface area contributed by atoms with Crippen molar-refractivity contribution in [3.63, 3.8) is 0 Å². The molecule has 9 unspecified atom stereocenters. The molecule has 3 fully saturated rings. The van der Waals surface area contributed by atoms with Crippen LogP contribution in [0.1, 0.15) is 24.8 Å². The quantitative estimate of drug-likeness (QED) is 0.255. The second-order valence-corrected chi connectivity index (χ2v) is 8.63. The fraction of sp³-hybridized carbons (Fsp3) is 0.600. The van der Waals surface area contributed by atoms with E-state index in [1.165, 1.54) is 0 Å². The van der Waals surface area contributed by atoms with Crippen LogP contribution in [-0.4, -0.2) is 54.1 Å². The molecule has 9 atom stereocenters. The van der Waals surface area contributed by atoms with Gasteiger partial charge in [-0.3, -0.25) is 26.6 Å². The van der Waals surface area contributed by atoms with Crippen LogP contribution in [-0.2, 0) is 0 Å². The molecule has 5 heterocycles. The highest BCUT2D eigenvalue weighted by molar-refractivity contribution is 5.61. The van der Waals surface area contributed by atoms with Crippen molar-refractivity contribution in [3.8, 4) is 12.1 Å². The standard InChI is InChI=1S/C20H24N12/c1-23-11-5-15-28-18-9(7-21)3-13(26-18)25-17-10(8-22)4-14(27-17)29-19-12(24-2)6-16(31-19)32-20(11)30-15/h3,10-12,14-17,19-20,25-32H,4-6H2. The first-order valence-electron chi connectivity index (χ1n) is 10.7. The maximum Gasteiger partial charge on any atom is 0.255 e. The number of hydrogen-bond acceptors (Lipinski definition) is 9. The summed E-state index contributed by atoms with van der Waals surface area (Å²) in [5.74, 6) is 0.909. The Kier molecular flexibility index (Phi) is 5.32. The number of aromatic amines is 1.